The number of hydrogen-bond donors (Lipinski definition) is 1. The fourth-order valence-corrected chi connectivity index (χ4v) is 2.39. The summed E-state index contributed by atoms with van der Waals surface area (Å²) in [7, 11) is 0. The molecule has 0 radical (unpaired) electrons. The smallest absolute Gasteiger partial charge is 0.307 e. The normalized spacial score (nSPS) is 10.6. The van der Waals surface area contributed by atoms with Gasteiger partial charge in [-0.25, -0.2) is 13.2 Å². The van der Waals surface area contributed by atoms with Crippen LogP contribution in [-0.4, -0.2) is 25.0 Å². The third-order valence-electron chi connectivity index (χ3n) is 3.91. The molecule has 0 aliphatic rings. The van der Waals surface area contributed by atoms with E-state index in [1.165, 1.54) is 25.7 Å². The molecule has 1 N–H and O–H groups in total. The van der Waals surface area contributed by atoms with Gasteiger partial charge in [0.1, 0.15) is 0 Å². The Hall–Kier alpha value is -2.05. The number of rotatable bonds is 12. The van der Waals surface area contributed by atoms with E-state index >= 15 is 0 Å². The Morgan fingerprint density at radius 3 is 2.31 bits per heavy atom. The molecular formula is C19H26F3NO3. The molecule has 0 saturated heterocycles. The lowest BCUT2D eigenvalue weighted by Crippen LogP contribution is -2.27. The van der Waals surface area contributed by atoms with Crippen LogP contribution < -0.4 is 5.32 Å². The molecule has 0 aliphatic heterocycles. The Balaban J connectivity index is 2.16. The van der Waals surface area contributed by atoms with Crippen LogP contribution in [0.15, 0.2) is 12.1 Å². The van der Waals surface area contributed by atoms with E-state index in [4.69, 9.17) is 4.74 Å². The summed E-state index contributed by atoms with van der Waals surface area (Å²) in [4.78, 5) is 23.3. The third-order valence-corrected chi connectivity index (χ3v) is 3.91. The quantitative estimate of drug-likeness (QED) is 0.333. The fraction of sp³-hybridized carbons (Fsp3) is 0.579. The molecule has 7 heteroatoms. The van der Waals surface area contributed by atoms with Crippen molar-refractivity contribution in [2.24, 2.45) is 0 Å². The molecule has 4 nitrogen and oxygen atoms in total. The molecule has 1 amide bonds. The van der Waals surface area contributed by atoms with E-state index in [9.17, 15) is 22.8 Å². The Morgan fingerprint density at radius 1 is 0.962 bits per heavy atom. The van der Waals surface area contributed by atoms with Crippen molar-refractivity contribution in [1.82, 2.24) is 5.32 Å². The molecule has 0 bridgehead atoms. The average molecular weight is 373 g/mol. The number of carbonyl (C=O) groups is 2. The predicted octanol–water partition coefficient (Wildman–Crippen LogP) is 4.52. The number of hydrogen-bond acceptors (Lipinski definition) is 3. The first-order chi connectivity index (χ1) is 12.5. The standard InChI is InChI=1S/C19H26F3NO3/c1-2-3-4-5-6-7-8-13-26-16(24)11-12-23-19(25)14-9-10-15(20)18(22)17(14)21/h9-10H,2-8,11-13H2,1H3,(H,23,25). The minimum absolute atomic E-state index is 0.0759. The summed E-state index contributed by atoms with van der Waals surface area (Å²) in [6.45, 7) is 2.42. The van der Waals surface area contributed by atoms with Gasteiger partial charge in [0.2, 0.25) is 0 Å². The molecule has 0 fully saturated rings. The first-order valence-corrected chi connectivity index (χ1v) is 9.04. The highest BCUT2D eigenvalue weighted by atomic mass is 19.2. The minimum atomic E-state index is -1.70. The Kier molecular flexibility index (Phi) is 10.4. The van der Waals surface area contributed by atoms with Crippen LogP contribution in [-0.2, 0) is 9.53 Å². The number of amides is 1. The van der Waals surface area contributed by atoms with E-state index in [0.29, 0.717) is 12.7 Å². The molecule has 1 aromatic rings. The van der Waals surface area contributed by atoms with Crippen molar-refractivity contribution in [3.63, 3.8) is 0 Å². The average Bonchev–Trinajstić information content (AvgIpc) is 2.62. The molecule has 0 spiro atoms. The molecule has 26 heavy (non-hydrogen) atoms. The van der Waals surface area contributed by atoms with Crippen LogP contribution in [0.5, 0.6) is 0 Å². The molecular weight excluding hydrogens is 347 g/mol. The van der Waals surface area contributed by atoms with Crippen molar-refractivity contribution in [1.29, 1.82) is 0 Å². The molecule has 1 rings (SSSR count). The number of unbranched alkanes of at least 4 members (excludes halogenated alkanes) is 6. The van der Waals surface area contributed by atoms with Crippen molar-refractivity contribution in [3.05, 3.63) is 35.1 Å². The summed E-state index contributed by atoms with van der Waals surface area (Å²) < 4.78 is 44.4. The van der Waals surface area contributed by atoms with Crippen LogP contribution in [0.4, 0.5) is 13.2 Å². The van der Waals surface area contributed by atoms with Crippen molar-refractivity contribution in [2.75, 3.05) is 13.2 Å². The van der Waals surface area contributed by atoms with Gasteiger partial charge in [0.05, 0.1) is 18.6 Å². The third kappa shape index (κ3) is 7.89. The van der Waals surface area contributed by atoms with Crippen molar-refractivity contribution < 1.29 is 27.5 Å². The second kappa shape index (κ2) is 12.3. The van der Waals surface area contributed by atoms with Gasteiger partial charge in [-0.2, -0.15) is 0 Å². The summed E-state index contributed by atoms with van der Waals surface area (Å²) >= 11 is 0. The largest absolute Gasteiger partial charge is 0.466 e. The summed E-state index contributed by atoms with van der Waals surface area (Å²) in [6, 6.07) is 1.52. The van der Waals surface area contributed by atoms with Gasteiger partial charge in [-0.15, -0.1) is 0 Å². The van der Waals surface area contributed by atoms with Crippen LogP contribution in [0, 0.1) is 17.5 Å². The van der Waals surface area contributed by atoms with Crippen LogP contribution in [0.2, 0.25) is 0 Å². The van der Waals surface area contributed by atoms with E-state index in [-0.39, 0.29) is 13.0 Å². The predicted molar refractivity (Wildman–Crippen MR) is 92.2 cm³/mol. The number of nitrogens with one attached hydrogen (secondary N) is 1. The molecule has 0 heterocycles. The Bertz CT molecular complexity index is 594. The highest BCUT2D eigenvalue weighted by Gasteiger charge is 2.18. The summed E-state index contributed by atoms with van der Waals surface area (Å²) in [6.07, 6.45) is 7.71. The van der Waals surface area contributed by atoms with E-state index < -0.39 is 34.9 Å². The second-order valence-corrected chi connectivity index (χ2v) is 6.07. The maximum Gasteiger partial charge on any atom is 0.307 e. The molecule has 0 unspecified atom stereocenters. The van der Waals surface area contributed by atoms with Crippen LogP contribution >= 0.6 is 0 Å². The number of benzene rings is 1. The van der Waals surface area contributed by atoms with Gasteiger partial charge in [0, 0.05) is 6.54 Å². The lowest BCUT2D eigenvalue weighted by molar-refractivity contribution is -0.143. The zero-order chi connectivity index (χ0) is 19.4. The molecule has 0 saturated carbocycles. The maximum absolute atomic E-state index is 13.5. The number of carbonyl (C=O) groups excluding carboxylic acids is 2. The van der Waals surface area contributed by atoms with Crippen molar-refractivity contribution >= 4 is 11.9 Å². The van der Waals surface area contributed by atoms with E-state index in [0.717, 1.165) is 25.3 Å². The van der Waals surface area contributed by atoms with E-state index in [1.54, 1.807) is 0 Å². The minimum Gasteiger partial charge on any atom is -0.466 e. The van der Waals surface area contributed by atoms with Crippen molar-refractivity contribution in [3.8, 4) is 0 Å². The Labute approximate surface area is 152 Å². The van der Waals surface area contributed by atoms with Gasteiger partial charge in [-0.1, -0.05) is 45.4 Å². The summed E-state index contributed by atoms with van der Waals surface area (Å²) in [5.41, 5.74) is -0.611. The fourth-order valence-electron chi connectivity index (χ4n) is 2.39. The highest BCUT2D eigenvalue weighted by Crippen LogP contribution is 2.15. The summed E-state index contributed by atoms with van der Waals surface area (Å²) in [5, 5.41) is 2.28. The Morgan fingerprint density at radius 2 is 1.62 bits per heavy atom. The monoisotopic (exact) mass is 373 g/mol. The first-order valence-electron chi connectivity index (χ1n) is 9.04. The molecule has 0 aromatic heterocycles. The molecule has 0 aliphatic carbocycles. The van der Waals surface area contributed by atoms with Gasteiger partial charge in [-0.3, -0.25) is 9.59 Å². The lowest BCUT2D eigenvalue weighted by Gasteiger charge is -2.07. The van der Waals surface area contributed by atoms with E-state index in [1.807, 2.05) is 0 Å². The summed E-state index contributed by atoms with van der Waals surface area (Å²) in [5.74, 6) is -6.01. The highest BCUT2D eigenvalue weighted by molar-refractivity contribution is 5.94. The number of halogens is 3. The number of esters is 1. The van der Waals surface area contributed by atoms with Crippen molar-refractivity contribution in [2.45, 2.75) is 58.3 Å². The molecule has 0 atom stereocenters. The van der Waals surface area contributed by atoms with Gasteiger partial charge >= 0.3 is 5.97 Å². The van der Waals surface area contributed by atoms with Gasteiger partial charge in [0.25, 0.3) is 5.91 Å². The molecule has 1 aromatic carbocycles. The van der Waals surface area contributed by atoms with E-state index in [2.05, 4.69) is 12.2 Å². The zero-order valence-electron chi connectivity index (χ0n) is 15.1. The van der Waals surface area contributed by atoms with Crippen LogP contribution in [0.3, 0.4) is 0 Å². The first kappa shape index (κ1) is 22.0. The lowest BCUT2D eigenvalue weighted by atomic mass is 10.1. The second-order valence-electron chi connectivity index (χ2n) is 6.07. The topological polar surface area (TPSA) is 55.4 Å². The number of ether oxygens (including phenoxy) is 1. The zero-order valence-corrected chi connectivity index (χ0v) is 15.1. The van der Waals surface area contributed by atoms with Gasteiger partial charge in [0.15, 0.2) is 17.5 Å². The maximum atomic E-state index is 13.5. The van der Waals surface area contributed by atoms with Crippen LogP contribution in [0.25, 0.3) is 0 Å². The van der Waals surface area contributed by atoms with Crippen LogP contribution in [0.1, 0.15) is 68.6 Å². The molecule has 146 valence electrons. The van der Waals surface area contributed by atoms with Gasteiger partial charge < -0.3 is 10.1 Å². The van der Waals surface area contributed by atoms with Gasteiger partial charge in [-0.05, 0) is 18.6 Å². The SMILES string of the molecule is CCCCCCCCCOC(=O)CCNC(=O)c1ccc(F)c(F)c1F.